The van der Waals surface area contributed by atoms with Crippen LogP contribution in [0.1, 0.15) is 28.0 Å². The first kappa shape index (κ1) is 14.0. The molecule has 20 heavy (non-hydrogen) atoms. The molecule has 0 aliphatic carbocycles. The normalized spacial score (nSPS) is 10.8. The molecule has 0 amide bonds. The molecule has 0 atom stereocenters. The Morgan fingerprint density at radius 2 is 2.05 bits per heavy atom. The molecule has 1 aromatic heterocycles. The molecule has 0 bridgehead atoms. The Morgan fingerprint density at radius 3 is 2.60 bits per heavy atom. The molecule has 2 aromatic rings. The number of aromatic nitrogens is 2. The minimum Gasteiger partial charge on any atom is -0.478 e. The first-order valence-corrected chi connectivity index (χ1v) is 5.55. The van der Waals surface area contributed by atoms with Gasteiger partial charge in [0.25, 0.3) is 6.43 Å². The van der Waals surface area contributed by atoms with Gasteiger partial charge in [0, 0.05) is 11.8 Å². The summed E-state index contributed by atoms with van der Waals surface area (Å²) >= 11 is 0. The van der Waals surface area contributed by atoms with E-state index in [1.807, 2.05) is 0 Å². The fraction of sp³-hybridized carbons (Fsp3) is 0.154. The van der Waals surface area contributed by atoms with Crippen LogP contribution in [0, 0.1) is 12.7 Å². The van der Waals surface area contributed by atoms with Gasteiger partial charge < -0.3 is 5.11 Å². The zero-order valence-corrected chi connectivity index (χ0v) is 10.3. The molecular formula is C13H9F3N2O2. The van der Waals surface area contributed by atoms with Gasteiger partial charge in [-0.05, 0) is 30.7 Å². The molecular weight excluding hydrogens is 273 g/mol. The van der Waals surface area contributed by atoms with Gasteiger partial charge in [-0.3, -0.25) is 0 Å². The van der Waals surface area contributed by atoms with E-state index in [2.05, 4.69) is 9.97 Å². The van der Waals surface area contributed by atoms with Crippen LogP contribution >= 0.6 is 0 Å². The van der Waals surface area contributed by atoms with Crippen LogP contribution in [0.5, 0.6) is 0 Å². The Bertz CT molecular complexity index is 675. The van der Waals surface area contributed by atoms with Gasteiger partial charge in [-0.25, -0.2) is 27.9 Å². The molecule has 0 aliphatic heterocycles. The predicted octanol–water partition coefficient (Wildman–Crippen LogP) is 3.23. The summed E-state index contributed by atoms with van der Waals surface area (Å²) in [6.45, 7) is 1.51. The summed E-state index contributed by atoms with van der Waals surface area (Å²) in [5.74, 6) is -2.04. The van der Waals surface area contributed by atoms with Crippen LogP contribution in [-0.2, 0) is 0 Å². The van der Waals surface area contributed by atoms with Crippen LogP contribution in [0.2, 0.25) is 0 Å². The monoisotopic (exact) mass is 282 g/mol. The van der Waals surface area contributed by atoms with Crippen LogP contribution in [0.4, 0.5) is 13.2 Å². The maximum atomic E-state index is 13.2. The Morgan fingerprint density at radius 1 is 1.35 bits per heavy atom. The number of alkyl halides is 2. The van der Waals surface area contributed by atoms with Gasteiger partial charge in [0.05, 0.1) is 0 Å². The second-order valence-corrected chi connectivity index (χ2v) is 4.06. The Kier molecular flexibility index (Phi) is 3.69. The van der Waals surface area contributed by atoms with Gasteiger partial charge in [-0.1, -0.05) is 0 Å². The number of carbonyl (C=O) groups is 1. The number of hydrogen-bond donors (Lipinski definition) is 1. The zero-order valence-electron chi connectivity index (χ0n) is 10.3. The highest BCUT2D eigenvalue weighted by Crippen LogP contribution is 2.24. The summed E-state index contributed by atoms with van der Waals surface area (Å²) in [4.78, 5) is 18.1. The highest BCUT2D eigenvalue weighted by molar-refractivity contribution is 5.88. The largest absolute Gasteiger partial charge is 0.478 e. The van der Waals surface area contributed by atoms with Crippen LogP contribution in [0.15, 0.2) is 24.4 Å². The number of aryl methyl sites for hydroxylation is 1. The lowest BCUT2D eigenvalue weighted by atomic mass is 10.1. The van der Waals surface area contributed by atoms with E-state index >= 15 is 0 Å². The summed E-state index contributed by atoms with van der Waals surface area (Å²) in [6.07, 6.45) is -2.21. The molecule has 0 fully saturated rings. The third-order valence-corrected chi connectivity index (χ3v) is 2.67. The number of hydrogen-bond acceptors (Lipinski definition) is 3. The number of carboxylic acid groups (broad SMARTS) is 1. The van der Waals surface area contributed by atoms with Crippen molar-refractivity contribution < 1.29 is 23.1 Å². The highest BCUT2D eigenvalue weighted by atomic mass is 19.3. The fourth-order valence-corrected chi connectivity index (χ4v) is 1.65. The average Bonchev–Trinajstić information content (AvgIpc) is 2.41. The summed E-state index contributed by atoms with van der Waals surface area (Å²) in [7, 11) is 0. The van der Waals surface area contributed by atoms with Crippen molar-refractivity contribution in [3.63, 3.8) is 0 Å². The Hall–Kier alpha value is -2.44. The third-order valence-electron chi connectivity index (χ3n) is 2.67. The number of carboxylic acids is 1. The maximum Gasteiger partial charge on any atom is 0.339 e. The number of aromatic carboxylic acids is 1. The lowest BCUT2D eigenvalue weighted by Crippen LogP contribution is -2.08. The number of rotatable bonds is 3. The standard InChI is InChI=1S/C13H9F3N2O2/c1-6-4-7(2-3-9(6)14)12-17-5-8(13(19)20)10(18-12)11(15)16/h2-5,11H,1H3,(H,19,20). The lowest BCUT2D eigenvalue weighted by Gasteiger charge is -2.07. The molecule has 0 spiro atoms. The van der Waals surface area contributed by atoms with E-state index in [4.69, 9.17) is 5.11 Å². The fourth-order valence-electron chi connectivity index (χ4n) is 1.65. The van der Waals surface area contributed by atoms with Gasteiger partial charge in [0.2, 0.25) is 0 Å². The SMILES string of the molecule is Cc1cc(-c2ncc(C(=O)O)c(C(F)F)n2)ccc1F. The zero-order chi connectivity index (χ0) is 14.9. The topological polar surface area (TPSA) is 63.1 Å². The molecule has 0 saturated heterocycles. The van der Waals surface area contributed by atoms with E-state index in [-0.39, 0.29) is 5.82 Å². The smallest absolute Gasteiger partial charge is 0.339 e. The van der Waals surface area contributed by atoms with Crippen molar-refractivity contribution >= 4 is 5.97 Å². The Balaban J connectivity index is 2.55. The summed E-state index contributed by atoms with van der Waals surface area (Å²) in [5, 5.41) is 8.79. The molecule has 1 heterocycles. The van der Waals surface area contributed by atoms with Crippen molar-refractivity contribution in [2.75, 3.05) is 0 Å². The van der Waals surface area contributed by atoms with Gasteiger partial charge in [-0.2, -0.15) is 0 Å². The second-order valence-electron chi connectivity index (χ2n) is 4.06. The van der Waals surface area contributed by atoms with Crippen molar-refractivity contribution in [1.82, 2.24) is 9.97 Å². The van der Waals surface area contributed by atoms with Crippen LogP contribution < -0.4 is 0 Å². The third kappa shape index (κ3) is 2.61. The number of halogens is 3. The van der Waals surface area contributed by atoms with E-state index < -0.39 is 29.5 Å². The van der Waals surface area contributed by atoms with Crippen molar-refractivity contribution in [2.24, 2.45) is 0 Å². The molecule has 1 N–H and O–H groups in total. The Labute approximate surface area is 111 Å². The first-order valence-electron chi connectivity index (χ1n) is 5.55. The molecule has 7 heteroatoms. The quantitative estimate of drug-likeness (QED) is 0.938. The van der Waals surface area contributed by atoms with E-state index in [0.29, 0.717) is 11.1 Å². The molecule has 4 nitrogen and oxygen atoms in total. The molecule has 0 saturated carbocycles. The van der Waals surface area contributed by atoms with E-state index in [9.17, 15) is 18.0 Å². The van der Waals surface area contributed by atoms with Crippen LogP contribution in [-0.4, -0.2) is 21.0 Å². The average molecular weight is 282 g/mol. The van der Waals surface area contributed by atoms with Gasteiger partial charge >= 0.3 is 5.97 Å². The summed E-state index contributed by atoms with van der Waals surface area (Å²) < 4.78 is 38.8. The molecule has 2 rings (SSSR count). The van der Waals surface area contributed by atoms with Crippen LogP contribution in [0.3, 0.4) is 0 Å². The van der Waals surface area contributed by atoms with E-state index in [1.165, 1.54) is 25.1 Å². The van der Waals surface area contributed by atoms with Gasteiger partial charge in [0.15, 0.2) is 5.82 Å². The second kappa shape index (κ2) is 5.28. The van der Waals surface area contributed by atoms with Gasteiger partial charge in [-0.15, -0.1) is 0 Å². The first-order chi connectivity index (χ1) is 9.40. The molecule has 0 unspecified atom stereocenters. The lowest BCUT2D eigenvalue weighted by molar-refractivity contribution is 0.0681. The van der Waals surface area contributed by atoms with E-state index in [0.717, 1.165) is 6.20 Å². The highest BCUT2D eigenvalue weighted by Gasteiger charge is 2.21. The predicted molar refractivity (Wildman–Crippen MR) is 64.1 cm³/mol. The molecule has 0 radical (unpaired) electrons. The molecule has 104 valence electrons. The number of benzene rings is 1. The maximum absolute atomic E-state index is 13.2. The minimum atomic E-state index is -3.04. The summed E-state index contributed by atoms with van der Waals surface area (Å²) in [6, 6.07) is 3.91. The van der Waals surface area contributed by atoms with Crippen molar-refractivity contribution in [3.05, 3.63) is 47.0 Å². The summed E-state index contributed by atoms with van der Waals surface area (Å²) in [5.41, 5.74) is -0.859. The molecule has 1 aromatic carbocycles. The van der Waals surface area contributed by atoms with E-state index in [1.54, 1.807) is 0 Å². The molecule has 0 aliphatic rings. The van der Waals surface area contributed by atoms with Crippen LogP contribution in [0.25, 0.3) is 11.4 Å². The van der Waals surface area contributed by atoms with Crippen molar-refractivity contribution in [3.8, 4) is 11.4 Å². The number of nitrogens with zero attached hydrogens (tertiary/aromatic N) is 2. The van der Waals surface area contributed by atoms with Crippen molar-refractivity contribution in [2.45, 2.75) is 13.3 Å². The minimum absolute atomic E-state index is 0.0756. The van der Waals surface area contributed by atoms with Crippen molar-refractivity contribution in [1.29, 1.82) is 0 Å². The van der Waals surface area contributed by atoms with Gasteiger partial charge in [0.1, 0.15) is 17.1 Å².